The van der Waals surface area contributed by atoms with Gasteiger partial charge in [-0.3, -0.25) is 4.57 Å². The molecule has 2 N–H and O–H groups in total. The van der Waals surface area contributed by atoms with Crippen LogP contribution >= 0.6 is 0 Å². The molecule has 3 atom stereocenters. The Kier molecular flexibility index (Phi) is 7.26. The molecule has 0 aliphatic carbocycles. The van der Waals surface area contributed by atoms with Crippen molar-refractivity contribution in [2.24, 2.45) is 0 Å². The maximum absolute atomic E-state index is 12.3. The highest BCUT2D eigenvalue weighted by Gasteiger charge is 2.35. The van der Waals surface area contributed by atoms with Crippen LogP contribution in [0.3, 0.4) is 0 Å². The van der Waals surface area contributed by atoms with E-state index in [1.54, 1.807) is 6.20 Å². The molecule has 1 aliphatic heterocycles. The van der Waals surface area contributed by atoms with E-state index in [1.807, 2.05) is 6.07 Å². The molecule has 1 aliphatic rings. The number of nitrogens with zero attached hydrogens (tertiary/aromatic N) is 2. The average Bonchev–Trinajstić information content (AvgIpc) is 3.25. The van der Waals surface area contributed by atoms with Crippen LogP contribution in [0.1, 0.15) is 63.4 Å². The third kappa shape index (κ3) is 5.02. The van der Waals surface area contributed by atoms with Gasteiger partial charge in [-0.1, -0.05) is 25.7 Å². The molecular formula is C21H28N2O5. The lowest BCUT2D eigenvalue weighted by Gasteiger charge is -2.13. The van der Waals surface area contributed by atoms with Gasteiger partial charge in [-0.15, -0.1) is 12.3 Å². The van der Waals surface area contributed by atoms with Crippen molar-refractivity contribution >= 4 is 11.1 Å². The molecule has 1 saturated heterocycles. The average molecular weight is 388 g/mol. The summed E-state index contributed by atoms with van der Waals surface area (Å²) < 4.78 is 12.6. The SMILES string of the molecule is C#CCCCCCCCCc1cc2cn(C3CC(O)C(CO)O3)c(=O)nc2o1. The standard InChI is InChI=1S/C21H28N2O5/c1-2-3-4-5-6-7-8-9-10-16-11-15-13-23(21(26)22-20(15)27-16)19-12-17(25)18(14-24)28-19/h1,11,13,17-19,24-25H,3-10,12,14H2. The number of unbranched alkanes of at least 4 members (excludes halogenated alkanes) is 6. The molecule has 0 radical (unpaired) electrons. The van der Waals surface area contributed by atoms with Crippen molar-refractivity contribution in [3.63, 3.8) is 0 Å². The molecular weight excluding hydrogens is 360 g/mol. The Morgan fingerprint density at radius 1 is 1.25 bits per heavy atom. The smallest absolute Gasteiger partial charge is 0.353 e. The Balaban J connectivity index is 1.55. The van der Waals surface area contributed by atoms with Crippen LogP contribution in [0.5, 0.6) is 0 Å². The molecule has 28 heavy (non-hydrogen) atoms. The van der Waals surface area contributed by atoms with Crippen molar-refractivity contribution in [1.29, 1.82) is 0 Å². The van der Waals surface area contributed by atoms with E-state index in [-0.39, 0.29) is 13.0 Å². The van der Waals surface area contributed by atoms with E-state index in [0.29, 0.717) is 5.71 Å². The molecule has 0 amide bonds. The van der Waals surface area contributed by atoms with Crippen LogP contribution in [-0.4, -0.2) is 38.6 Å². The Labute approximate surface area is 164 Å². The summed E-state index contributed by atoms with van der Waals surface area (Å²) in [5.41, 5.74) is -0.168. The van der Waals surface area contributed by atoms with Crippen molar-refractivity contribution in [2.45, 2.75) is 76.2 Å². The zero-order valence-electron chi connectivity index (χ0n) is 16.0. The van der Waals surface area contributed by atoms with Crippen LogP contribution in [0.2, 0.25) is 0 Å². The maximum Gasteiger partial charge on any atom is 0.353 e. The molecule has 3 unspecified atom stereocenters. The number of aliphatic hydroxyl groups is 2. The lowest BCUT2D eigenvalue weighted by Crippen LogP contribution is -2.27. The van der Waals surface area contributed by atoms with Crippen LogP contribution in [0.15, 0.2) is 21.5 Å². The fourth-order valence-electron chi connectivity index (χ4n) is 3.59. The van der Waals surface area contributed by atoms with Crippen molar-refractivity contribution in [3.8, 4) is 12.3 Å². The quantitative estimate of drug-likeness (QED) is 0.479. The number of aryl methyl sites for hydroxylation is 1. The monoisotopic (exact) mass is 388 g/mol. The summed E-state index contributed by atoms with van der Waals surface area (Å²) in [5.74, 6) is 3.48. The lowest BCUT2D eigenvalue weighted by molar-refractivity contribution is -0.0457. The van der Waals surface area contributed by atoms with Crippen LogP contribution in [0.25, 0.3) is 11.1 Å². The number of rotatable bonds is 10. The van der Waals surface area contributed by atoms with Gasteiger partial charge < -0.3 is 19.4 Å². The van der Waals surface area contributed by atoms with Gasteiger partial charge in [0.1, 0.15) is 18.1 Å². The Hall–Kier alpha value is -2.14. The van der Waals surface area contributed by atoms with E-state index in [0.717, 1.165) is 43.3 Å². The fraction of sp³-hybridized carbons (Fsp3) is 0.619. The number of fused-ring (bicyclic) bond motifs is 1. The van der Waals surface area contributed by atoms with Crippen molar-refractivity contribution < 1.29 is 19.4 Å². The third-order valence-corrected chi connectivity index (χ3v) is 5.18. The van der Waals surface area contributed by atoms with Crippen LogP contribution in [0, 0.1) is 12.3 Å². The molecule has 0 aromatic carbocycles. The number of hydrogen-bond donors (Lipinski definition) is 2. The second kappa shape index (κ2) is 9.87. The minimum atomic E-state index is -0.802. The number of aromatic nitrogens is 2. The predicted octanol–water partition coefficient (Wildman–Crippen LogP) is 2.54. The van der Waals surface area contributed by atoms with Gasteiger partial charge in [-0.25, -0.2) is 4.79 Å². The summed E-state index contributed by atoms with van der Waals surface area (Å²) in [4.78, 5) is 16.3. The summed E-state index contributed by atoms with van der Waals surface area (Å²) in [5, 5.41) is 19.8. The van der Waals surface area contributed by atoms with Gasteiger partial charge in [-0.2, -0.15) is 4.98 Å². The molecule has 1 fully saturated rings. The summed E-state index contributed by atoms with van der Waals surface area (Å²) in [7, 11) is 0. The highest BCUT2D eigenvalue weighted by atomic mass is 16.5. The first-order valence-electron chi connectivity index (χ1n) is 10.0. The van der Waals surface area contributed by atoms with Crippen molar-refractivity contribution in [3.05, 3.63) is 28.5 Å². The third-order valence-electron chi connectivity index (χ3n) is 5.18. The number of furan rings is 1. The summed E-state index contributed by atoms with van der Waals surface area (Å²) >= 11 is 0. The molecule has 3 heterocycles. The number of ether oxygens (including phenoxy) is 1. The summed E-state index contributed by atoms with van der Waals surface area (Å²) in [6, 6.07) is 1.90. The van der Waals surface area contributed by atoms with E-state index in [2.05, 4.69) is 10.9 Å². The minimum Gasteiger partial charge on any atom is -0.443 e. The van der Waals surface area contributed by atoms with Crippen molar-refractivity contribution in [1.82, 2.24) is 9.55 Å². The number of terminal acetylenes is 1. The molecule has 7 nitrogen and oxygen atoms in total. The molecule has 3 rings (SSSR count). The zero-order chi connectivity index (χ0) is 19.9. The molecule has 2 aromatic heterocycles. The number of aliphatic hydroxyl groups excluding tert-OH is 2. The summed E-state index contributed by atoms with van der Waals surface area (Å²) in [6.07, 6.45) is 13.5. The Morgan fingerprint density at radius 3 is 2.71 bits per heavy atom. The van der Waals surface area contributed by atoms with E-state index >= 15 is 0 Å². The molecule has 152 valence electrons. The number of hydrogen-bond acceptors (Lipinski definition) is 6. The molecule has 7 heteroatoms. The van der Waals surface area contributed by atoms with Gasteiger partial charge in [-0.05, 0) is 18.9 Å². The molecule has 2 aromatic rings. The second-order valence-electron chi connectivity index (χ2n) is 7.34. The highest BCUT2D eigenvalue weighted by molar-refractivity contribution is 5.72. The van der Waals surface area contributed by atoms with Gasteiger partial charge in [0.05, 0.1) is 18.1 Å². The van der Waals surface area contributed by atoms with Crippen LogP contribution < -0.4 is 5.69 Å². The van der Waals surface area contributed by atoms with Gasteiger partial charge in [0.15, 0.2) is 0 Å². The largest absolute Gasteiger partial charge is 0.443 e. The molecule has 0 saturated carbocycles. The summed E-state index contributed by atoms with van der Waals surface area (Å²) in [6.45, 7) is -0.290. The molecule has 0 bridgehead atoms. The normalized spacial score (nSPS) is 22.0. The van der Waals surface area contributed by atoms with Crippen LogP contribution in [0.4, 0.5) is 0 Å². The van der Waals surface area contributed by atoms with Crippen LogP contribution in [-0.2, 0) is 11.2 Å². The van der Waals surface area contributed by atoms with E-state index in [4.69, 9.17) is 15.6 Å². The van der Waals surface area contributed by atoms with E-state index in [9.17, 15) is 15.0 Å². The maximum atomic E-state index is 12.3. The minimum absolute atomic E-state index is 0.240. The Morgan fingerprint density at radius 2 is 2.00 bits per heavy atom. The van der Waals surface area contributed by atoms with Gasteiger partial charge in [0, 0.05) is 25.5 Å². The lowest BCUT2D eigenvalue weighted by atomic mass is 10.1. The van der Waals surface area contributed by atoms with Gasteiger partial charge in [0.2, 0.25) is 5.71 Å². The highest BCUT2D eigenvalue weighted by Crippen LogP contribution is 2.28. The Bertz CT molecular complexity index is 866. The molecule has 0 spiro atoms. The van der Waals surface area contributed by atoms with E-state index in [1.165, 1.54) is 23.8 Å². The first-order chi connectivity index (χ1) is 13.6. The second-order valence-corrected chi connectivity index (χ2v) is 7.34. The van der Waals surface area contributed by atoms with E-state index < -0.39 is 24.1 Å². The first-order valence-corrected chi connectivity index (χ1v) is 10.0. The fourth-order valence-corrected chi connectivity index (χ4v) is 3.59. The first kappa shape index (κ1) is 20.6. The zero-order valence-corrected chi connectivity index (χ0v) is 16.0. The topological polar surface area (TPSA) is 97.7 Å². The van der Waals surface area contributed by atoms with Crippen molar-refractivity contribution in [2.75, 3.05) is 6.61 Å². The van der Waals surface area contributed by atoms with Gasteiger partial charge >= 0.3 is 5.69 Å². The van der Waals surface area contributed by atoms with Gasteiger partial charge in [0.25, 0.3) is 0 Å². The predicted molar refractivity (Wildman–Crippen MR) is 105 cm³/mol.